The number of hydrogen-bond acceptors (Lipinski definition) is 6. The van der Waals surface area contributed by atoms with Crippen LogP contribution in [0.3, 0.4) is 0 Å². The number of nitrogens with one attached hydrogen (secondary N) is 1. The van der Waals surface area contributed by atoms with Crippen LogP contribution in [-0.2, 0) is 16.1 Å². The lowest BCUT2D eigenvalue weighted by Crippen LogP contribution is -2.30. The maximum Gasteiger partial charge on any atom is 0.262 e. The molecule has 3 heterocycles. The maximum atomic E-state index is 13.1. The van der Waals surface area contributed by atoms with Crippen LogP contribution in [0, 0.1) is 0 Å². The lowest BCUT2D eigenvalue weighted by Gasteiger charge is -2.17. The molecule has 0 bridgehead atoms. The number of para-hydroxylation sites is 1. The normalized spacial score (nSPS) is 17.5. The number of ether oxygens (including phenoxy) is 1. The Balaban J connectivity index is 1.53. The molecule has 29 heavy (non-hydrogen) atoms. The van der Waals surface area contributed by atoms with Crippen molar-refractivity contribution in [2.75, 3.05) is 12.4 Å². The number of hydrogen-bond donors (Lipinski definition) is 1. The smallest absolute Gasteiger partial charge is 0.262 e. The summed E-state index contributed by atoms with van der Waals surface area (Å²) < 4.78 is 12.7. The number of furan rings is 1. The van der Waals surface area contributed by atoms with Crippen LogP contribution in [0.2, 0.25) is 0 Å². The lowest BCUT2D eigenvalue weighted by molar-refractivity contribution is -0.119. The second-order valence-corrected chi connectivity index (χ2v) is 8.00. The van der Waals surface area contributed by atoms with Gasteiger partial charge in [-0.15, -0.1) is 0 Å². The number of thioether (sulfide) groups is 1. The average Bonchev–Trinajstić information content (AvgIpc) is 3.43. The minimum absolute atomic E-state index is 0.00261. The van der Waals surface area contributed by atoms with Gasteiger partial charge in [-0.25, -0.2) is 4.98 Å². The van der Waals surface area contributed by atoms with Crippen molar-refractivity contribution in [2.45, 2.75) is 43.6 Å². The van der Waals surface area contributed by atoms with Gasteiger partial charge in [-0.2, -0.15) is 0 Å². The molecule has 0 saturated carbocycles. The number of carbonyl (C=O) groups is 1. The molecule has 0 aliphatic carbocycles. The first-order chi connectivity index (χ1) is 14.1. The highest BCUT2D eigenvalue weighted by Gasteiger charge is 2.21. The van der Waals surface area contributed by atoms with E-state index in [9.17, 15) is 9.59 Å². The largest absolute Gasteiger partial charge is 0.467 e. The van der Waals surface area contributed by atoms with Crippen LogP contribution in [0.25, 0.3) is 10.9 Å². The van der Waals surface area contributed by atoms with E-state index in [4.69, 9.17) is 9.15 Å². The quantitative estimate of drug-likeness (QED) is 0.473. The Morgan fingerprint density at radius 3 is 2.97 bits per heavy atom. The predicted molar refractivity (Wildman–Crippen MR) is 111 cm³/mol. The average molecular weight is 413 g/mol. The van der Waals surface area contributed by atoms with Crippen LogP contribution in [0.1, 0.15) is 31.6 Å². The summed E-state index contributed by atoms with van der Waals surface area (Å²) in [4.78, 5) is 30.1. The number of carbonyl (C=O) groups excluding carboxylic acids is 1. The van der Waals surface area contributed by atoms with Crippen molar-refractivity contribution in [2.24, 2.45) is 0 Å². The molecule has 1 fully saturated rings. The Morgan fingerprint density at radius 1 is 1.34 bits per heavy atom. The Bertz CT molecular complexity index is 1040. The summed E-state index contributed by atoms with van der Waals surface area (Å²) in [6.45, 7) is 3.03. The molecule has 1 saturated heterocycles. The number of nitrogens with zero attached hydrogens (tertiary/aromatic N) is 2. The summed E-state index contributed by atoms with van der Waals surface area (Å²) in [5.74, 6) is 0.703. The highest BCUT2D eigenvalue weighted by Crippen LogP contribution is 2.21. The van der Waals surface area contributed by atoms with Crippen LogP contribution in [0.4, 0.5) is 0 Å². The van der Waals surface area contributed by atoms with Crippen molar-refractivity contribution in [3.8, 4) is 0 Å². The number of benzene rings is 1. The summed E-state index contributed by atoms with van der Waals surface area (Å²) >= 11 is 1.26. The number of aromatic nitrogens is 2. The summed E-state index contributed by atoms with van der Waals surface area (Å²) in [5, 5.41) is 4.01. The van der Waals surface area contributed by atoms with E-state index in [1.165, 1.54) is 11.8 Å². The van der Waals surface area contributed by atoms with E-state index in [1.54, 1.807) is 23.0 Å². The van der Waals surface area contributed by atoms with Crippen LogP contribution >= 0.6 is 11.8 Å². The molecule has 1 aliphatic rings. The predicted octanol–water partition coefficient (Wildman–Crippen LogP) is 3.14. The summed E-state index contributed by atoms with van der Waals surface area (Å²) in [5.41, 5.74) is 0.533. The van der Waals surface area contributed by atoms with Gasteiger partial charge in [0.05, 0.1) is 41.6 Å². The first kappa shape index (κ1) is 19.7. The van der Waals surface area contributed by atoms with Crippen LogP contribution < -0.4 is 10.9 Å². The zero-order valence-corrected chi connectivity index (χ0v) is 17.0. The highest BCUT2D eigenvalue weighted by molar-refractivity contribution is 7.99. The van der Waals surface area contributed by atoms with E-state index in [0.717, 1.165) is 19.4 Å². The molecule has 152 valence electrons. The first-order valence-electron chi connectivity index (χ1n) is 9.68. The molecule has 0 unspecified atom stereocenters. The second kappa shape index (κ2) is 8.84. The minimum Gasteiger partial charge on any atom is -0.467 e. The van der Waals surface area contributed by atoms with Crippen LogP contribution in [-0.4, -0.2) is 33.9 Å². The summed E-state index contributed by atoms with van der Waals surface area (Å²) in [7, 11) is 0. The Kier molecular flexibility index (Phi) is 6.01. The van der Waals surface area contributed by atoms with E-state index in [2.05, 4.69) is 10.3 Å². The first-order valence-corrected chi connectivity index (χ1v) is 10.7. The third-order valence-corrected chi connectivity index (χ3v) is 5.89. The van der Waals surface area contributed by atoms with Crippen molar-refractivity contribution in [1.29, 1.82) is 0 Å². The molecule has 0 spiro atoms. The monoisotopic (exact) mass is 413 g/mol. The molecule has 1 aliphatic heterocycles. The molecule has 1 N–H and O–H groups in total. The SMILES string of the molecule is C[C@@H](NC(=O)CSc1nc2ccccc2c(=O)n1C[C@@H]1CCCO1)c1ccco1. The topological polar surface area (TPSA) is 86.4 Å². The van der Waals surface area contributed by atoms with Crippen molar-refractivity contribution in [3.05, 3.63) is 58.8 Å². The third-order valence-electron chi connectivity index (χ3n) is 4.92. The van der Waals surface area contributed by atoms with Gasteiger partial charge in [0.15, 0.2) is 5.16 Å². The fourth-order valence-corrected chi connectivity index (χ4v) is 4.25. The molecule has 0 radical (unpaired) electrons. The molecule has 4 rings (SSSR count). The molecule has 8 heteroatoms. The van der Waals surface area contributed by atoms with Gasteiger partial charge in [0.2, 0.25) is 5.91 Å². The van der Waals surface area contributed by atoms with Gasteiger partial charge in [0.1, 0.15) is 5.76 Å². The standard InChI is InChI=1S/C21H23N3O4S/c1-14(18-9-5-11-28-18)22-19(25)13-29-21-23-17-8-3-2-7-16(17)20(26)24(21)12-15-6-4-10-27-15/h2-3,5,7-9,11,14-15H,4,6,10,12-13H2,1H3,(H,22,25)/t14-,15+/m1/s1. The van der Waals surface area contributed by atoms with Crippen molar-refractivity contribution in [1.82, 2.24) is 14.9 Å². The molecule has 1 aromatic carbocycles. The zero-order chi connectivity index (χ0) is 20.2. The third kappa shape index (κ3) is 4.54. The van der Waals surface area contributed by atoms with Gasteiger partial charge < -0.3 is 14.5 Å². The molecular weight excluding hydrogens is 390 g/mol. The van der Waals surface area contributed by atoms with Crippen LogP contribution in [0.5, 0.6) is 0 Å². The Hall–Kier alpha value is -2.58. The molecule has 2 atom stereocenters. The van der Waals surface area contributed by atoms with Gasteiger partial charge >= 0.3 is 0 Å². The van der Waals surface area contributed by atoms with Gasteiger partial charge in [-0.05, 0) is 44.0 Å². The van der Waals surface area contributed by atoms with Gasteiger partial charge in [0.25, 0.3) is 5.56 Å². The van der Waals surface area contributed by atoms with Crippen molar-refractivity contribution in [3.63, 3.8) is 0 Å². The van der Waals surface area contributed by atoms with Gasteiger partial charge in [-0.1, -0.05) is 23.9 Å². The maximum absolute atomic E-state index is 13.1. The molecular formula is C21H23N3O4S. The fourth-order valence-electron chi connectivity index (χ4n) is 3.43. The number of fused-ring (bicyclic) bond motifs is 1. The van der Waals surface area contributed by atoms with Crippen LogP contribution in [0.15, 0.2) is 57.0 Å². The zero-order valence-electron chi connectivity index (χ0n) is 16.2. The molecule has 2 aromatic heterocycles. The van der Waals surface area contributed by atoms with Crippen molar-refractivity contribution >= 4 is 28.6 Å². The molecule has 1 amide bonds. The fraction of sp³-hybridized carbons (Fsp3) is 0.381. The molecule has 7 nitrogen and oxygen atoms in total. The van der Waals surface area contributed by atoms with Crippen molar-refractivity contribution < 1.29 is 13.9 Å². The van der Waals surface area contributed by atoms with Gasteiger partial charge in [0, 0.05) is 6.61 Å². The van der Waals surface area contributed by atoms with E-state index < -0.39 is 0 Å². The summed E-state index contributed by atoms with van der Waals surface area (Å²) in [6.07, 6.45) is 3.50. The number of amides is 1. The summed E-state index contributed by atoms with van der Waals surface area (Å²) in [6, 6.07) is 10.7. The molecule has 3 aromatic rings. The second-order valence-electron chi connectivity index (χ2n) is 7.06. The Labute approximate surface area is 172 Å². The minimum atomic E-state index is -0.225. The van der Waals surface area contributed by atoms with Gasteiger partial charge in [-0.3, -0.25) is 14.2 Å². The van der Waals surface area contributed by atoms with E-state index in [1.807, 2.05) is 31.2 Å². The highest BCUT2D eigenvalue weighted by atomic mass is 32.2. The Morgan fingerprint density at radius 2 is 2.21 bits per heavy atom. The number of rotatable bonds is 7. The van der Waals surface area contributed by atoms with E-state index in [0.29, 0.717) is 28.4 Å². The lowest BCUT2D eigenvalue weighted by atomic mass is 10.2. The van der Waals surface area contributed by atoms with E-state index >= 15 is 0 Å². The van der Waals surface area contributed by atoms with E-state index in [-0.39, 0.29) is 29.4 Å².